The van der Waals surface area contributed by atoms with E-state index in [1.54, 1.807) is 42.5 Å². The van der Waals surface area contributed by atoms with Crippen molar-refractivity contribution in [3.8, 4) is 5.75 Å². The maximum atomic E-state index is 12.0. The zero-order valence-electron chi connectivity index (χ0n) is 12.8. The smallest absolute Gasteiger partial charge is 0.273 e. The molecule has 0 unspecified atom stereocenters. The van der Waals surface area contributed by atoms with Crippen molar-refractivity contribution >= 4 is 17.3 Å². The van der Waals surface area contributed by atoms with Crippen LogP contribution in [0.3, 0.4) is 0 Å². The number of carbonyl (C=O) groups excluding carboxylic acids is 1. The van der Waals surface area contributed by atoms with E-state index in [-0.39, 0.29) is 18.0 Å². The predicted molar refractivity (Wildman–Crippen MR) is 87.7 cm³/mol. The van der Waals surface area contributed by atoms with Crippen LogP contribution >= 0.6 is 0 Å². The molecule has 0 aliphatic heterocycles. The minimum atomic E-state index is -0.484. The lowest BCUT2D eigenvalue weighted by Gasteiger charge is -2.08. The molecule has 6 heteroatoms. The lowest BCUT2D eigenvalue weighted by Crippen LogP contribution is -2.15. The Morgan fingerprint density at radius 2 is 1.87 bits per heavy atom. The molecular formula is C17H18N2O4. The van der Waals surface area contributed by atoms with Gasteiger partial charge in [0, 0.05) is 17.3 Å². The van der Waals surface area contributed by atoms with Gasteiger partial charge < -0.3 is 10.1 Å². The van der Waals surface area contributed by atoms with Crippen LogP contribution in [0.2, 0.25) is 0 Å². The second kappa shape index (κ2) is 7.93. The molecule has 2 rings (SSSR count). The van der Waals surface area contributed by atoms with Gasteiger partial charge in [0.15, 0.2) is 0 Å². The maximum absolute atomic E-state index is 12.0. The summed E-state index contributed by atoms with van der Waals surface area (Å²) < 4.78 is 5.47. The number of benzene rings is 2. The van der Waals surface area contributed by atoms with E-state index in [0.717, 1.165) is 12.2 Å². The first-order valence-corrected chi connectivity index (χ1v) is 7.35. The summed E-state index contributed by atoms with van der Waals surface area (Å²) in [6.45, 7) is 2.67. The Balaban J connectivity index is 1.98. The van der Waals surface area contributed by atoms with E-state index >= 15 is 0 Å². The van der Waals surface area contributed by atoms with Crippen LogP contribution in [0.4, 0.5) is 11.4 Å². The molecule has 0 radical (unpaired) electrons. The molecule has 0 aliphatic carbocycles. The Labute approximate surface area is 134 Å². The molecule has 2 aromatic carbocycles. The lowest BCUT2D eigenvalue weighted by molar-refractivity contribution is -0.385. The number of rotatable bonds is 7. The minimum absolute atomic E-state index is 0.0500. The molecule has 0 bridgehead atoms. The Morgan fingerprint density at radius 3 is 2.52 bits per heavy atom. The number of nitro benzene ring substituents is 1. The Morgan fingerprint density at radius 1 is 1.17 bits per heavy atom. The Bertz CT molecular complexity index is 683. The number of nitro groups is 1. The summed E-state index contributed by atoms with van der Waals surface area (Å²) in [5.74, 6) is 0.435. The van der Waals surface area contributed by atoms with Gasteiger partial charge in [-0.15, -0.1) is 0 Å². The zero-order chi connectivity index (χ0) is 16.7. The minimum Gasteiger partial charge on any atom is -0.494 e. The molecule has 6 nitrogen and oxygen atoms in total. The van der Waals surface area contributed by atoms with Crippen LogP contribution in [-0.4, -0.2) is 17.4 Å². The van der Waals surface area contributed by atoms with Crippen molar-refractivity contribution in [2.75, 3.05) is 11.9 Å². The lowest BCUT2D eigenvalue weighted by atomic mass is 10.1. The third-order valence-electron chi connectivity index (χ3n) is 3.15. The van der Waals surface area contributed by atoms with Crippen molar-refractivity contribution in [3.05, 3.63) is 64.2 Å². The molecule has 0 aromatic heterocycles. The molecule has 0 spiro atoms. The van der Waals surface area contributed by atoms with Gasteiger partial charge in [-0.2, -0.15) is 0 Å². The van der Waals surface area contributed by atoms with E-state index in [1.165, 1.54) is 6.07 Å². The van der Waals surface area contributed by atoms with Gasteiger partial charge in [0.1, 0.15) is 5.75 Å². The number of para-hydroxylation sites is 1. The van der Waals surface area contributed by atoms with Crippen LogP contribution in [0.15, 0.2) is 48.5 Å². The van der Waals surface area contributed by atoms with Crippen LogP contribution in [0.1, 0.15) is 18.9 Å². The van der Waals surface area contributed by atoms with E-state index in [9.17, 15) is 14.9 Å². The largest absolute Gasteiger partial charge is 0.494 e. The molecule has 1 amide bonds. The van der Waals surface area contributed by atoms with Gasteiger partial charge in [0.2, 0.25) is 5.91 Å². The number of anilines is 1. The van der Waals surface area contributed by atoms with Gasteiger partial charge in [-0.1, -0.05) is 25.1 Å². The average Bonchev–Trinajstić information content (AvgIpc) is 2.54. The molecule has 0 saturated carbocycles. The number of ether oxygens (including phenoxy) is 1. The fourth-order valence-electron chi connectivity index (χ4n) is 2.07. The summed E-state index contributed by atoms with van der Waals surface area (Å²) in [5, 5.41) is 13.7. The van der Waals surface area contributed by atoms with Gasteiger partial charge in [-0.25, -0.2) is 0 Å². The molecule has 120 valence electrons. The predicted octanol–water partition coefficient (Wildman–Crippen LogP) is 3.56. The average molecular weight is 314 g/mol. The molecule has 23 heavy (non-hydrogen) atoms. The molecule has 0 saturated heterocycles. The van der Waals surface area contributed by atoms with E-state index in [0.29, 0.717) is 17.9 Å². The quantitative estimate of drug-likeness (QED) is 0.625. The van der Waals surface area contributed by atoms with Gasteiger partial charge in [0.25, 0.3) is 5.69 Å². The summed E-state index contributed by atoms with van der Waals surface area (Å²) in [6, 6.07) is 13.3. The molecule has 0 heterocycles. The summed E-state index contributed by atoms with van der Waals surface area (Å²) >= 11 is 0. The first kappa shape index (κ1) is 16.5. The van der Waals surface area contributed by atoms with Gasteiger partial charge in [0.05, 0.1) is 18.0 Å². The van der Waals surface area contributed by atoms with E-state index in [1.807, 2.05) is 6.92 Å². The number of hydrogen-bond donors (Lipinski definition) is 1. The van der Waals surface area contributed by atoms with Crippen molar-refractivity contribution in [2.45, 2.75) is 19.8 Å². The van der Waals surface area contributed by atoms with Crippen molar-refractivity contribution in [2.24, 2.45) is 0 Å². The van der Waals surface area contributed by atoms with E-state index in [4.69, 9.17) is 4.74 Å². The number of amides is 1. The first-order chi connectivity index (χ1) is 11.1. The molecule has 2 aromatic rings. The van der Waals surface area contributed by atoms with Crippen LogP contribution in [0.5, 0.6) is 5.75 Å². The number of carbonyl (C=O) groups is 1. The fraction of sp³-hybridized carbons (Fsp3) is 0.235. The number of nitrogens with zero attached hydrogens (tertiary/aromatic N) is 1. The summed E-state index contributed by atoms with van der Waals surface area (Å²) in [6.07, 6.45) is 0.875. The highest BCUT2D eigenvalue weighted by Gasteiger charge is 2.15. The number of nitrogens with one attached hydrogen (secondary N) is 1. The summed E-state index contributed by atoms with van der Waals surface area (Å²) in [5.41, 5.74) is 0.960. The van der Waals surface area contributed by atoms with Gasteiger partial charge in [-0.3, -0.25) is 14.9 Å². The maximum Gasteiger partial charge on any atom is 0.273 e. The van der Waals surface area contributed by atoms with E-state index in [2.05, 4.69) is 5.32 Å². The molecule has 0 fully saturated rings. The fourth-order valence-corrected chi connectivity index (χ4v) is 2.07. The highest BCUT2D eigenvalue weighted by atomic mass is 16.6. The van der Waals surface area contributed by atoms with Crippen molar-refractivity contribution in [3.63, 3.8) is 0 Å². The third-order valence-corrected chi connectivity index (χ3v) is 3.15. The Kier molecular flexibility index (Phi) is 5.68. The standard InChI is InChI=1S/C17H18N2O4/c1-2-11-23-15-9-7-14(8-10-15)18-17(20)12-13-5-3-4-6-16(13)19(21)22/h3-10H,2,11-12H2,1H3,(H,18,20). The first-order valence-electron chi connectivity index (χ1n) is 7.35. The summed E-state index contributed by atoms with van der Waals surface area (Å²) in [7, 11) is 0. The van der Waals surface area contributed by atoms with E-state index < -0.39 is 4.92 Å². The second-order valence-corrected chi connectivity index (χ2v) is 4.98. The second-order valence-electron chi connectivity index (χ2n) is 4.98. The van der Waals surface area contributed by atoms with Gasteiger partial charge in [-0.05, 0) is 30.7 Å². The molecular weight excluding hydrogens is 296 g/mol. The van der Waals surface area contributed by atoms with Crippen molar-refractivity contribution < 1.29 is 14.5 Å². The molecule has 0 atom stereocenters. The monoisotopic (exact) mass is 314 g/mol. The normalized spacial score (nSPS) is 10.1. The highest BCUT2D eigenvalue weighted by molar-refractivity contribution is 5.92. The van der Waals surface area contributed by atoms with Gasteiger partial charge >= 0.3 is 0 Å². The van der Waals surface area contributed by atoms with Crippen LogP contribution < -0.4 is 10.1 Å². The Hall–Kier alpha value is -2.89. The highest BCUT2D eigenvalue weighted by Crippen LogP contribution is 2.20. The zero-order valence-corrected chi connectivity index (χ0v) is 12.8. The van der Waals surface area contributed by atoms with Crippen LogP contribution in [-0.2, 0) is 11.2 Å². The third kappa shape index (κ3) is 4.81. The van der Waals surface area contributed by atoms with Crippen molar-refractivity contribution in [1.82, 2.24) is 0 Å². The topological polar surface area (TPSA) is 81.5 Å². The number of hydrogen-bond acceptors (Lipinski definition) is 4. The van der Waals surface area contributed by atoms with Crippen LogP contribution in [0, 0.1) is 10.1 Å². The molecule has 0 aliphatic rings. The SMILES string of the molecule is CCCOc1ccc(NC(=O)Cc2ccccc2[N+](=O)[O-])cc1. The van der Waals surface area contributed by atoms with Crippen LogP contribution in [0.25, 0.3) is 0 Å². The molecule has 1 N–H and O–H groups in total. The summed E-state index contributed by atoms with van der Waals surface area (Å²) in [4.78, 5) is 22.5. The van der Waals surface area contributed by atoms with Crippen molar-refractivity contribution in [1.29, 1.82) is 0 Å².